The van der Waals surface area contributed by atoms with Gasteiger partial charge in [-0.2, -0.15) is 0 Å². The Hall–Kier alpha value is -0.870. The Kier molecular flexibility index (Phi) is 3.63. The van der Waals surface area contributed by atoms with Gasteiger partial charge in [0, 0.05) is 6.54 Å². The highest BCUT2D eigenvalue weighted by atomic mass is 79.9. The molecule has 1 unspecified atom stereocenters. The van der Waals surface area contributed by atoms with Gasteiger partial charge in [-0.1, -0.05) is 19.4 Å². The van der Waals surface area contributed by atoms with E-state index in [2.05, 4.69) is 28.2 Å². The average Bonchev–Trinajstić information content (AvgIpc) is 2.86. The minimum atomic E-state index is 0.0749. The van der Waals surface area contributed by atoms with Crippen molar-refractivity contribution in [1.82, 2.24) is 10.3 Å². The highest BCUT2D eigenvalue weighted by Gasteiger charge is 2.37. The van der Waals surface area contributed by atoms with Crippen LogP contribution in [0.2, 0.25) is 0 Å². The lowest BCUT2D eigenvalue weighted by Crippen LogP contribution is -2.43. The normalized spacial score (nSPS) is 23.9. The first-order valence-electron chi connectivity index (χ1n) is 7.01. The molecule has 1 aliphatic heterocycles. The number of aromatic nitrogens is 1. The van der Waals surface area contributed by atoms with Gasteiger partial charge in [0.15, 0.2) is 5.58 Å². The van der Waals surface area contributed by atoms with Crippen LogP contribution in [0, 0.1) is 0 Å². The predicted molar refractivity (Wildman–Crippen MR) is 80.4 cm³/mol. The molecule has 3 rings (SSSR count). The first kappa shape index (κ1) is 13.1. The molecule has 102 valence electrons. The molecule has 1 N–H and O–H groups in total. The quantitative estimate of drug-likeness (QED) is 0.927. The molecule has 0 bridgehead atoms. The van der Waals surface area contributed by atoms with E-state index in [4.69, 9.17) is 9.40 Å². The summed E-state index contributed by atoms with van der Waals surface area (Å²) in [6, 6.07) is 6.02. The summed E-state index contributed by atoms with van der Waals surface area (Å²) in [5, 5.41) is 3.51. The van der Waals surface area contributed by atoms with Gasteiger partial charge in [-0.3, -0.25) is 0 Å². The summed E-state index contributed by atoms with van der Waals surface area (Å²) < 4.78 is 7.08. The smallest absolute Gasteiger partial charge is 0.203 e. The molecule has 1 fully saturated rings. The minimum absolute atomic E-state index is 0.0749. The summed E-state index contributed by atoms with van der Waals surface area (Å²) in [7, 11) is 0. The topological polar surface area (TPSA) is 38.1 Å². The fourth-order valence-corrected chi connectivity index (χ4v) is 3.53. The summed E-state index contributed by atoms with van der Waals surface area (Å²) >= 11 is 3.54. The van der Waals surface area contributed by atoms with Gasteiger partial charge in [-0.25, -0.2) is 4.98 Å². The second-order valence-corrected chi connectivity index (χ2v) is 6.27. The van der Waals surface area contributed by atoms with Crippen LogP contribution < -0.4 is 5.32 Å². The number of nitrogens with zero attached hydrogens (tertiary/aromatic N) is 1. The Labute approximate surface area is 121 Å². The molecule has 0 aliphatic carbocycles. The lowest BCUT2D eigenvalue weighted by molar-refractivity contribution is 0.239. The second kappa shape index (κ2) is 5.25. The van der Waals surface area contributed by atoms with Crippen molar-refractivity contribution in [2.45, 2.75) is 38.0 Å². The zero-order chi connectivity index (χ0) is 13.3. The minimum Gasteiger partial charge on any atom is -0.439 e. The molecule has 0 saturated carbocycles. The Morgan fingerprint density at radius 3 is 3.05 bits per heavy atom. The Morgan fingerprint density at radius 2 is 2.37 bits per heavy atom. The van der Waals surface area contributed by atoms with Gasteiger partial charge >= 0.3 is 0 Å². The van der Waals surface area contributed by atoms with E-state index in [1.807, 2.05) is 18.2 Å². The molecule has 1 saturated heterocycles. The van der Waals surface area contributed by atoms with Gasteiger partial charge in [0.1, 0.15) is 5.52 Å². The van der Waals surface area contributed by atoms with Gasteiger partial charge in [0.25, 0.3) is 0 Å². The van der Waals surface area contributed by atoms with Gasteiger partial charge in [0.2, 0.25) is 5.89 Å². The summed E-state index contributed by atoms with van der Waals surface area (Å²) in [6.07, 6.45) is 4.64. The van der Waals surface area contributed by atoms with E-state index < -0.39 is 0 Å². The molecule has 0 amide bonds. The molecule has 2 heterocycles. The Bertz CT molecular complexity index is 567. The monoisotopic (exact) mass is 322 g/mol. The van der Waals surface area contributed by atoms with Crippen molar-refractivity contribution < 1.29 is 4.42 Å². The van der Waals surface area contributed by atoms with Crippen LogP contribution >= 0.6 is 15.9 Å². The number of rotatable bonds is 3. The van der Waals surface area contributed by atoms with E-state index in [0.29, 0.717) is 0 Å². The lowest BCUT2D eigenvalue weighted by atomic mass is 9.77. The van der Waals surface area contributed by atoms with E-state index in [-0.39, 0.29) is 5.41 Å². The molecule has 4 heteroatoms. The molecule has 1 aromatic heterocycles. The maximum Gasteiger partial charge on any atom is 0.203 e. The van der Waals surface area contributed by atoms with Crippen molar-refractivity contribution in [2.75, 3.05) is 13.1 Å². The SMILES string of the molecule is CCCC1(c2nc3cccc(Br)c3o2)CCCNC1. The maximum atomic E-state index is 6.10. The van der Waals surface area contributed by atoms with Crippen molar-refractivity contribution in [3.8, 4) is 0 Å². The van der Waals surface area contributed by atoms with Crippen LogP contribution in [-0.2, 0) is 5.41 Å². The van der Waals surface area contributed by atoms with E-state index in [1.54, 1.807) is 0 Å². The van der Waals surface area contributed by atoms with Gasteiger partial charge in [-0.05, 0) is 53.9 Å². The summed E-state index contributed by atoms with van der Waals surface area (Å²) in [4.78, 5) is 4.75. The molecular formula is C15H19BrN2O. The molecular weight excluding hydrogens is 304 g/mol. The highest BCUT2D eigenvalue weighted by Crippen LogP contribution is 2.37. The third-order valence-corrected chi connectivity index (χ3v) is 4.65. The molecule has 1 aromatic carbocycles. The average molecular weight is 323 g/mol. The Balaban J connectivity index is 2.07. The standard InChI is InChI=1S/C15H19BrN2O/c1-2-7-15(8-4-9-17-10-15)14-18-12-6-3-5-11(16)13(12)19-14/h3,5-6,17H,2,4,7-10H2,1H3. The number of oxazole rings is 1. The van der Waals surface area contributed by atoms with Crippen LogP contribution in [0.3, 0.4) is 0 Å². The molecule has 1 aliphatic rings. The largest absolute Gasteiger partial charge is 0.439 e. The van der Waals surface area contributed by atoms with Crippen LogP contribution in [0.5, 0.6) is 0 Å². The molecule has 3 nitrogen and oxygen atoms in total. The third-order valence-electron chi connectivity index (χ3n) is 4.02. The molecule has 19 heavy (non-hydrogen) atoms. The number of fused-ring (bicyclic) bond motifs is 1. The van der Waals surface area contributed by atoms with Gasteiger partial charge in [0.05, 0.1) is 9.89 Å². The number of halogens is 1. The number of benzene rings is 1. The molecule has 2 aromatic rings. The fraction of sp³-hybridized carbons (Fsp3) is 0.533. The van der Waals surface area contributed by atoms with Crippen molar-refractivity contribution in [3.63, 3.8) is 0 Å². The van der Waals surface area contributed by atoms with Crippen LogP contribution in [0.1, 0.15) is 38.5 Å². The Morgan fingerprint density at radius 1 is 1.47 bits per heavy atom. The molecule has 1 atom stereocenters. The van der Waals surface area contributed by atoms with E-state index in [1.165, 1.54) is 6.42 Å². The van der Waals surface area contributed by atoms with Crippen molar-refractivity contribution in [2.24, 2.45) is 0 Å². The zero-order valence-electron chi connectivity index (χ0n) is 11.2. The van der Waals surface area contributed by atoms with Crippen LogP contribution in [0.4, 0.5) is 0 Å². The zero-order valence-corrected chi connectivity index (χ0v) is 12.8. The van der Waals surface area contributed by atoms with Crippen molar-refractivity contribution >= 4 is 27.0 Å². The first-order chi connectivity index (χ1) is 9.25. The third kappa shape index (κ3) is 2.32. The fourth-order valence-electron chi connectivity index (χ4n) is 3.09. The first-order valence-corrected chi connectivity index (χ1v) is 7.81. The van der Waals surface area contributed by atoms with Crippen LogP contribution in [0.15, 0.2) is 27.1 Å². The lowest BCUT2D eigenvalue weighted by Gasteiger charge is -2.34. The second-order valence-electron chi connectivity index (χ2n) is 5.42. The molecule has 0 radical (unpaired) electrons. The van der Waals surface area contributed by atoms with Crippen molar-refractivity contribution in [3.05, 3.63) is 28.6 Å². The highest BCUT2D eigenvalue weighted by molar-refractivity contribution is 9.10. The van der Waals surface area contributed by atoms with Gasteiger partial charge in [-0.15, -0.1) is 0 Å². The molecule has 0 spiro atoms. The number of hydrogen-bond acceptors (Lipinski definition) is 3. The van der Waals surface area contributed by atoms with E-state index in [9.17, 15) is 0 Å². The number of hydrogen-bond donors (Lipinski definition) is 1. The van der Waals surface area contributed by atoms with E-state index >= 15 is 0 Å². The number of piperidine rings is 1. The van der Waals surface area contributed by atoms with E-state index in [0.717, 1.165) is 53.8 Å². The van der Waals surface area contributed by atoms with Crippen LogP contribution in [0.25, 0.3) is 11.1 Å². The van der Waals surface area contributed by atoms with Gasteiger partial charge < -0.3 is 9.73 Å². The van der Waals surface area contributed by atoms with Crippen LogP contribution in [-0.4, -0.2) is 18.1 Å². The predicted octanol–water partition coefficient (Wildman–Crippen LogP) is 4.01. The number of nitrogens with one attached hydrogen (secondary N) is 1. The summed E-state index contributed by atoms with van der Waals surface area (Å²) in [5.74, 6) is 0.906. The summed E-state index contributed by atoms with van der Waals surface area (Å²) in [5.41, 5.74) is 1.90. The maximum absolute atomic E-state index is 6.10. The summed E-state index contributed by atoms with van der Waals surface area (Å²) in [6.45, 7) is 4.32. The van der Waals surface area contributed by atoms with Crippen molar-refractivity contribution in [1.29, 1.82) is 0 Å². The number of para-hydroxylation sites is 1.